The Morgan fingerprint density at radius 1 is 1.50 bits per heavy atom. The molecule has 2 heterocycles. The van der Waals surface area contributed by atoms with E-state index in [0.29, 0.717) is 32.6 Å². The molecule has 16 heavy (non-hydrogen) atoms. The number of hydrogen-bond donors (Lipinski definition) is 1. The third-order valence-corrected chi connectivity index (χ3v) is 3.65. The molecule has 0 aliphatic carbocycles. The second-order valence-corrected chi connectivity index (χ2v) is 4.73. The highest BCUT2D eigenvalue weighted by Crippen LogP contribution is 2.32. The van der Waals surface area contributed by atoms with Crippen molar-refractivity contribution < 1.29 is 19.4 Å². The number of rotatable bonds is 2. The summed E-state index contributed by atoms with van der Waals surface area (Å²) in [6.45, 7) is 3.23. The predicted molar refractivity (Wildman–Crippen MR) is 55.9 cm³/mol. The van der Waals surface area contributed by atoms with Gasteiger partial charge in [0.2, 0.25) is 5.91 Å². The number of carboxylic acids is 1. The molecule has 0 aromatic heterocycles. The van der Waals surface area contributed by atoms with E-state index in [1.54, 1.807) is 6.92 Å². The molecule has 2 saturated heterocycles. The Morgan fingerprint density at radius 3 is 2.81 bits per heavy atom. The molecule has 2 rings (SSSR count). The van der Waals surface area contributed by atoms with Crippen LogP contribution in [-0.2, 0) is 14.3 Å². The van der Waals surface area contributed by atoms with Crippen molar-refractivity contribution in [2.24, 2.45) is 5.92 Å². The fourth-order valence-corrected chi connectivity index (χ4v) is 2.49. The van der Waals surface area contributed by atoms with Crippen LogP contribution in [0.5, 0.6) is 0 Å². The van der Waals surface area contributed by atoms with Crippen molar-refractivity contribution in [2.75, 3.05) is 19.8 Å². The average molecular weight is 227 g/mol. The van der Waals surface area contributed by atoms with Gasteiger partial charge in [0, 0.05) is 13.2 Å². The van der Waals surface area contributed by atoms with Crippen molar-refractivity contribution in [3.63, 3.8) is 0 Å². The Hall–Kier alpha value is -1.10. The van der Waals surface area contributed by atoms with Gasteiger partial charge in [-0.3, -0.25) is 4.79 Å². The van der Waals surface area contributed by atoms with E-state index in [1.807, 2.05) is 0 Å². The zero-order chi connectivity index (χ0) is 11.8. The van der Waals surface area contributed by atoms with Crippen LogP contribution in [0.15, 0.2) is 0 Å². The van der Waals surface area contributed by atoms with Crippen LogP contribution in [0.25, 0.3) is 0 Å². The summed E-state index contributed by atoms with van der Waals surface area (Å²) in [4.78, 5) is 24.9. The Labute approximate surface area is 94.4 Å². The summed E-state index contributed by atoms with van der Waals surface area (Å²) < 4.78 is 5.17. The number of carbonyl (C=O) groups is 2. The van der Waals surface area contributed by atoms with Crippen molar-refractivity contribution in [1.29, 1.82) is 0 Å². The highest BCUT2D eigenvalue weighted by atomic mass is 16.5. The lowest BCUT2D eigenvalue weighted by molar-refractivity contribution is -0.157. The maximum Gasteiger partial charge on any atom is 0.329 e. The number of amides is 1. The smallest absolute Gasteiger partial charge is 0.329 e. The molecule has 1 N–H and O–H groups in total. The van der Waals surface area contributed by atoms with Gasteiger partial charge in [-0.2, -0.15) is 0 Å². The number of carbonyl (C=O) groups excluding carboxylic acids is 1. The van der Waals surface area contributed by atoms with Crippen LogP contribution in [0.4, 0.5) is 0 Å². The quantitative estimate of drug-likeness (QED) is 0.745. The van der Waals surface area contributed by atoms with E-state index in [-0.39, 0.29) is 11.8 Å². The Morgan fingerprint density at radius 2 is 2.25 bits per heavy atom. The van der Waals surface area contributed by atoms with Crippen LogP contribution < -0.4 is 0 Å². The Bertz CT molecular complexity index is 311. The molecular formula is C11H17NO4. The van der Waals surface area contributed by atoms with Gasteiger partial charge >= 0.3 is 5.97 Å². The fraction of sp³-hybridized carbons (Fsp3) is 0.818. The summed E-state index contributed by atoms with van der Waals surface area (Å²) in [5.41, 5.74) is -1.01. The average Bonchev–Trinajstić information content (AvgIpc) is 2.85. The second-order valence-electron chi connectivity index (χ2n) is 4.73. The molecular weight excluding hydrogens is 210 g/mol. The highest BCUT2D eigenvalue weighted by Gasteiger charge is 2.47. The van der Waals surface area contributed by atoms with Gasteiger partial charge in [-0.25, -0.2) is 4.79 Å². The standard InChI is InChI=1S/C11H17NO4/c1-11(10(14)15)4-2-5-12(11)9(13)8-3-6-16-7-8/h8H,2-7H2,1H3,(H,14,15). The van der Waals surface area contributed by atoms with E-state index < -0.39 is 11.5 Å². The molecule has 0 radical (unpaired) electrons. The van der Waals surface area contributed by atoms with E-state index in [2.05, 4.69) is 0 Å². The van der Waals surface area contributed by atoms with Crippen LogP contribution in [0.1, 0.15) is 26.2 Å². The van der Waals surface area contributed by atoms with E-state index >= 15 is 0 Å². The lowest BCUT2D eigenvalue weighted by Gasteiger charge is -2.32. The zero-order valence-electron chi connectivity index (χ0n) is 9.44. The first-order valence-corrected chi connectivity index (χ1v) is 5.68. The monoisotopic (exact) mass is 227 g/mol. The van der Waals surface area contributed by atoms with Crippen LogP contribution in [0.3, 0.4) is 0 Å². The van der Waals surface area contributed by atoms with Gasteiger partial charge in [0.05, 0.1) is 12.5 Å². The maximum absolute atomic E-state index is 12.2. The van der Waals surface area contributed by atoms with Gasteiger partial charge in [-0.1, -0.05) is 0 Å². The molecule has 2 aliphatic heterocycles. The Kier molecular flexibility index (Phi) is 2.88. The molecule has 0 aromatic carbocycles. The summed E-state index contributed by atoms with van der Waals surface area (Å²) >= 11 is 0. The molecule has 2 aliphatic rings. The van der Waals surface area contributed by atoms with Gasteiger partial charge in [0.25, 0.3) is 0 Å². The first-order valence-electron chi connectivity index (χ1n) is 5.68. The summed E-state index contributed by atoms with van der Waals surface area (Å²) in [7, 11) is 0. The molecule has 5 heteroatoms. The summed E-state index contributed by atoms with van der Waals surface area (Å²) in [6.07, 6.45) is 2.02. The molecule has 1 amide bonds. The number of ether oxygens (including phenoxy) is 1. The lowest BCUT2D eigenvalue weighted by atomic mass is 9.97. The minimum atomic E-state index is -1.01. The van der Waals surface area contributed by atoms with Gasteiger partial charge in [0.1, 0.15) is 5.54 Å². The van der Waals surface area contributed by atoms with Crippen molar-refractivity contribution in [3.8, 4) is 0 Å². The molecule has 2 unspecified atom stereocenters. The number of aliphatic carboxylic acids is 1. The third kappa shape index (κ3) is 1.69. The van der Waals surface area contributed by atoms with Crippen LogP contribution >= 0.6 is 0 Å². The Balaban J connectivity index is 2.13. The lowest BCUT2D eigenvalue weighted by Crippen LogP contribution is -2.52. The molecule has 0 saturated carbocycles. The largest absolute Gasteiger partial charge is 0.480 e. The zero-order valence-corrected chi connectivity index (χ0v) is 9.44. The molecule has 90 valence electrons. The van der Waals surface area contributed by atoms with Crippen LogP contribution in [-0.4, -0.2) is 47.2 Å². The van der Waals surface area contributed by atoms with Crippen LogP contribution in [0.2, 0.25) is 0 Å². The van der Waals surface area contributed by atoms with Crippen molar-refractivity contribution in [1.82, 2.24) is 4.90 Å². The molecule has 0 spiro atoms. The predicted octanol–water partition coefficient (Wildman–Crippen LogP) is 0.489. The van der Waals surface area contributed by atoms with Crippen molar-refractivity contribution in [2.45, 2.75) is 31.7 Å². The minimum absolute atomic E-state index is 0.0556. The number of hydrogen-bond acceptors (Lipinski definition) is 3. The topological polar surface area (TPSA) is 66.8 Å². The van der Waals surface area contributed by atoms with Gasteiger partial charge in [-0.15, -0.1) is 0 Å². The molecule has 5 nitrogen and oxygen atoms in total. The fourth-order valence-electron chi connectivity index (χ4n) is 2.49. The summed E-state index contributed by atoms with van der Waals surface area (Å²) in [6, 6.07) is 0. The normalized spacial score (nSPS) is 34.3. The molecule has 2 fully saturated rings. The first kappa shape index (κ1) is 11.4. The highest BCUT2D eigenvalue weighted by molar-refractivity contribution is 5.88. The summed E-state index contributed by atoms with van der Waals surface area (Å²) in [5.74, 6) is -1.10. The first-order chi connectivity index (χ1) is 7.55. The van der Waals surface area contributed by atoms with E-state index in [1.165, 1.54) is 4.90 Å². The maximum atomic E-state index is 12.2. The van der Waals surface area contributed by atoms with E-state index in [4.69, 9.17) is 4.74 Å². The van der Waals surface area contributed by atoms with Crippen molar-refractivity contribution in [3.05, 3.63) is 0 Å². The minimum Gasteiger partial charge on any atom is -0.480 e. The molecule has 0 aromatic rings. The SMILES string of the molecule is CC1(C(=O)O)CCCN1C(=O)C1CCOC1. The van der Waals surface area contributed by atoms with Gasteiger partial charge < -0.3 is 14.7 Å². The second kappa shape index (κ2) is 4.05. The van der Waals surface area contributed by atoms with Gasteiger partial charge in [-0.05, 0) is 26.2 Å². The summed E-state index contributed by atoms with van der Waals surface area (Å²) in [5, 5.41) is 9.21. The molecule has 0 bridgehead atoms. The third-order valence-electron chi connectivity index (χ3n) is 3.65. The number of carboxylic acid groups (broad SMARTS) is 1. The number of nitrogens with zero attached hydrogens (tertiary/aromatic N) is 1. The molecule has 2 atom stereocenters. The van der Waals surface area contributed by atoms with Crippen molar-refractivity contribution >= 4 is 11.9 Å². The van der Waals surface area contributed by atoms with Crippen LogP contribution in [0, 0.1) is 5.92 Å². The van der Waals surface area contributed by atoms with Gasteiger partial charge in [0.15, 0.2) is 0 Å². The van der Waals surface area contributed by atoms with E-state index in [9.17, 15) is 14.7 Å². The van der Waals surface area contributed by atoms with E-state index in [0.717, 1.165) is 6.42 Å². The number of likely N-dealkylation sites (tertiary alicyclic amines) is 1.